The smallest absolute Gasteiger partial charge is 0.178 e. The van der Waals surface area contributed by atoms with Gasteiger partial charge in [0.25, 0.3) is 0 Å². The van der Waals surface area contributed by atoms with E-state index in [1.165, 1.54) is 11.3 Å². The van der Waals surface area contributed by atoms with Gasteiger partial charge in [-0.05, 0) is 51.0 Å². The fourth-order valence-corrected chi connectivity index (χ4v) is 2.82. The maximum absolute atomic E-state index is 10.8. The molecule has 1 aromatic carbocycles. The Morgan fingerprint density at radius 2 is 2.00 bits per heavy atom. The molecule has 0 amide bonds. The Hall–Kier alpha value is -1.68. The van der Waals surface area contributed by atoms with E-state index in [0.29, 0.717) is 11.6 Å². The van der Waals surface area contributed by atoms with Gasteiger partial charge in [-0.2, -0.15) is 0 Å². The average molecular weight is 275 g/mol. The number of carbonyl (C=O) groups excluding carboxylic acids is 1. The Bertz CT molecular complexity index is 617. The molecule has 0 aliphatic heterocycles. The van der Waals surface area contributed by atoms with Gasteiger partial charge >= 0.3 is 0 Å². The number of thiazole rings is 1. The second-order valence-corrected chi connectivity index (χ2v) is 5.68. The maximum Gasteiger partial charge on any atom is 0.178 e. The van der Waals surface area contributed by atoms with E-state index in [1.54, 1.807) is 0 Å². The fourth-order valence-electron chi connectivity index (χ4n) is 2.07. The van der Waals surface area contributed by atoms with Gasteiger partial charge in [-0.1, -0.05) is 0 Å². The Balaban J connectivity index is 2.53. The topological polar surface area (TPSA) is 39.2 Å². The first kappa shape index (κ1) is 13.7. The third-order valence-corrected chi connectivity index (χ3v) is 3.89. The Morgan fingerprint density at radius 3 is 2.58 bits per heavy atom. The minimum atomic E-state index is 0.526. The van der Waals surface area contributed by atoms with E-state index in [0.717, 1.165) is 39.3 Å². The summed E-state index contributed by atoms with van der Waals surface area (Å²) < 4.78 is 5.59. The third kappa shape index (κ3) is 2.68. The van der Waals surface area contributed by atoms with Crippen LogP contribution in [0.25, 0.3) is 11.3 Å². The van der Waals surface area contributed by atoms with E-state index >= 15 is 0 Å². The summed E-state index contributed by atoms with van der Waals surface area (Å²) in [5.41, 5.74) is 4.17. The highest BCUT2D eigenvalue weighted by Gasteiger charge is 2.13. The lowest BCUT2D eigenvalue weighted by Crippen LogP contribution is -1.96. The van der Waals surface area contributed by atoms with Crippen molar-refractivity contribution in [1.82, 2.24) is 4.98 Å². The van der Waals surface area contributed by atoms with Gasteiger partial charge < -0.3 is 4.74 Å². The van der Waals surface area contributed by atoms with Crippen LogP contribution in [0.1, 0.15) is 32.7 Å². The second-order valence-electron chi connectivity index (χ2n) is 4.44. The lowest BCUT2D eigenvalue weighted by Gasteiger charge is -2.11. The average Bonchev–Trinajstić information content (AvgIpc) is 2.75. The molecule has 0 fully saturated rings. The van der Waals surface area contributed by atoms with Crippen LogP contribution in [0.15, 0.2) is 12.1 Å². The van der Waals surface area contributed by atoms with Crippen molar-refractivity contribution in [2.45, 2.75) is 27.7 Å². The van der Waals surface area contributed by atoms with Crippen LogP contribution in [-0.4, -0.2) is 17.9 Å². The molecule has 0 saturated carbocycles. The van der Waals surface area contributed by atoms with Gasteiger partial charge in [-0.3, -0.25) is 4.79 Å². The molecule has 0 bridgehead atoms. The van der Waals surface area contributed by atoms with Crippen molar-refractivity contribution >= 4 is 17.6 Å². The first-order valence-corrected chi connectivity index (χ1v) is 7.05. The summed E-state index contributed by atoms with van der Waals surface area (Å²) in [6.45, 7) is 8.69. The van der Waals surface area contributed by atoms with Crippen LogP contribution in [0.5, 0.6) is 5.75 Å². The molecule has 0 atom stereocenters. The Kier molecular flexibility index (Phi) is 4.00. The number of hydrogen-bond donors (Lipinski definition) is 0. The van der Waals surface area contributed by atoms with Crippen molar-refractivity contribution in [3.63, 3.8) is 0 Å². The highest BCUT2D eigenvalue weighted by Crippen LogP contribution is 2.33. The first-order valence-electron chi connectivity index (χ1n) is 6.23. The van der Waals surface area contributed by atoms with Crippen LogP contribution >= 0.6 is 11.3 Å². The Labute approximate surface area is 117 Å². The van der Waals surface area contributed by atoms with Gasteiger partial charge in [0.2, 0.25) is 0 Å². The van der Waals surface area contributed by atoms with E-state index in [4.69, 9.17) is 4.74 Å². The van der Waals surface area contributed by atoms with Crippen molar-refractivity contribution in [2.75, 3.05) is 6.61 Å². The predicted molar refractivity (Wildman–Crippen MR) is 78.3 cm³/mol. The summed E-state index contributed by atoms with van der Waals surface area (Å²) in [7, 11) is 0. The highest BCUT2D eigenvalue weighted by atomic mass is 32.1. The molecular formula is C15H17NO2S. The molecule has 0 spiro atoms. The van der Waals surface area contributed by atoms with E-state index in [1.807, 2.05) is 33.8 Å². The highest BCUT2D eigenvalue weighted by molar-refractivity contribution is 7.13. The monoisotopic (exact) mass is 275 g/mol. The van der Waals surface area contributed by atoms with Crippen molar-refractivity contribution < 1.29 is 9.53 Å². The summed E-state index contributed by atoms with van der Waals surface area (Å²) in [5.74, 6) is 0.909. The molecule has 0 N–H and O–H groups in total. The normalized spacial score (nSPS) is 10.5. The molecule has 1 aromatic heterocycles. The third-order valence-electron chi connectivity index (χ3n) is 2.99. The molecular weight excluding hydrogens is 258 g/mol. The molecule has 0 saturated heterocycles. The van der Waals surface area contributed by atoms with Gasteiger partial charge in [0.15, 0.2) is 11.3 Å². The van der Waals surface area contributed by atoms with Crippen LogP contribution in [0.2, 0.25) is 0 Å². The minimum absolute atomic E-state index is 0.526. The zero-order valence-electron chi connectivity index (χ0n) is 11.6. The number of aryl methyl sites for hydroxylation is 3. The quantitative estimate of drug-likeness (QED) is 0.793. The molecule has 19 heavy (non-hydrogen) atoms. The largest absolute Gasteiger partial charge is 0.494 e. The number of rotatable bonds is 4. The summed E-state index contributed by atoms with van der Waals surface area (Å²) in [4.78, 5) is 16.3. The van der Waals surface area contributed by atoms with Crippen LogP contribution in [0, 0.1) is 20.8 Å². The van der Waals surface area contributed by atoms with Crippen LogP contribution in [0.3, 0.4) is 0 Å². The number of aldehydes is 1. The summed E-state index contributed by atoms with van der Waals surface area (Å²) in [5, 5.41) is 0.526. The summed E-state index contributed by atoms with van der Waals surface area (Å²) >= 11 is 1.43. The summed E-state index contributed by atoms with van der Waals surface area (Å²) in [6, 6.07) is 4.12. The number of aromatic nitrogens is 1. The molecule has 0 radical (unpaired) electrons. The Morgan fingerprint density at radius 1 is 1.26 bits per heavy atom. The van der Waals surface area contributed by atoms with Crippen molar-refractivity contribution in [2.24, 2.45) is 0 Å². The molecule has 2 aromatic rings. The van der Waals surface area contributed by atoms with Crippen molar-refractivity contribution in [1.29, 1.82) is 0 Å². The number of benzene rings is 1. The van der Waals surface area contributed by atoms with Gasteiger partial charge in [-0.15, -0.1) is 11.3 Å². The van der Waals surface area contributed by atoms with Gasteiger partial charge in [-0.25, -0.2) is 4.98 Å². The number of ether oxygens (including phenoxy) is 1. The van der Waals surface area contributed by atoms with Crippen molar-refractivity contribution in [3.8, 4) is 17.0 Å². The standard InChI is InChI=1S/C15H17NO2S/c1-5-18-13-7-9(2)12(6-10(13)3)15-11(4)19-14(8-17)16-15/h6-8H,5H2,1-4H3. The van der Waals surface area contributed by atoms with Gasteiger partial charge in [0, 0.05) is 10.4 Å². The van der Waals surface area contributed by atoms with Crippen LogP contribution in [-0.2, 0) is 0 Å². The molecule has 3 nitrogen and oxygen atoms in total. The zero-order valence-corrected chi connectivity index (χ0v) is 12.4. The molecule has 0 aliphatic rings. The van der Waals surface area contributed by atoms with Crippen LogP contribution in [0.4, 0.5) is 0 Å². The van der Waals surface area contributed by atoms with E-state index < -0.39 is 0 Å². The molecule has 2 rings (SSSR count). The molecule has 100 valence electrons. The maximum atomic E-state index is 10.8. The number of hydrogen-bond acceptors (Lipinski definition) is 4. The van der Waals surface area contributed by atoms with Crippen LogP contribution < -0.4 is 4.74 Å². The van der Waals surface area contributed by atoms with E-state index in [2.05, 4.69) is 11.1 Å². The minimum Gasteiger partial charge on any atom is -0.494 e. The van der Waals surface area contributed by atoms with E-state index in [9.17, 15) is 4.79 Å². The second kappa shape index (κ2) is 5.53. The zero-order chi connectivity index (χ0) is 14.0. The first-order chi connectivity index (χ1) is 9.06. The predicted octanol–water partition coefficient (Wildman–Crippen LogP) is 3.95. The molecule has 4 heteroatoms. The molecule has 0 unspecified atom stereocenters. The lowest BCUT2D eigenvalue weighted by atomic mass is 10.0. The number of nitrogens with zero attached hydrogens (tertiary/aromatic N) is 1. The van der Waals surface area contributed by atoms with E-state index in [-0.39, 0.29) is 0 Å². The fraction of sp³-hybridized carbons (Fsp3) is 0.333. The number of carbonyl (C=O) groups is 1. The van der Waals surface area contributed by atoms with Gasteiger partial charge in [0.05, 0.1) is 12.3 Å². The van der Waals surface area contributed by atoms with Gasteiger partial charge in [0.1, 0.15) is 5.75 Å². The molecule has 0 aliphatic carbocycles. The summed E-state index contributed by atoms with van der Waals surface area (Å²) in [6.07, 6.45) is 0.803. The molecule has 1 heterocycles. The SMILES string of the molecule is CCOc1cc(C)c(-c2nc(C=O)sc2C)cc1C. The van der Waals surface area contributed by atoms with Crippen molar-refractivity contribution in [3.05, 3.63) is 33.1 Å². The lowest BCUT2D eigenvalue weighted by molar-refractivity contribution is 0.112.